The largest absolute Gasteiger partial charge is 0.462 e. The van der Waals surface area contributed by atoms with Crippen LogP contribution in [-0.2, 0) is 14.3 Å². The molecule has 0 aliphatic heterocycles. The Bertz CT molecular complexity index is 383. The Morgan fingerprint density at radius 1 is 0.852 bits per heavy atom. The minimum atomic E-state index is -0.512. The zero-order valence-corrected chi connectivity index (χ0v) is 17.3. The highest BCUT2D eigenvalue weighted by Gasteiger charge is 2.05. The summed E-state index contributed by atoms with van der Waals surface area (Å²) >= 11 is 0. The maximum absolute atomic E-state index is 11.6. The number of ether oxygens (including phenoxy) is 1. The molecular formula is C22H41NO4. The summed E-state index contributed by atoms with van der Waals surface area (Å²) in [5.74, 6) is -0.629. The molecule has 0 saturated heterocycles. The molecule has 0 atom stereocenters. The van der Waals surface area contributed by atoms with Gasteiger partial charge >= 0.3 is 5.97 Å². The van der Waals surface area contributed by atoms with Crippen LogP contribution in [0.15, 0.2) is 12.2 Å². The Balaban J connectivity index is 3.29. The zero-order valence-electron chi connectivity index (χ0n) is 17.3. The van der Waals surface area contributed by atoms with Crippen LogP contribution in [0.5, 0.6) is 0 Å². The lowest BCUT2D eigenvalue weighted by atomic mass is 10.1. The lowest BCUT2D eigenvalue weighted by Crippen LogP contribution is -2.30. The van der Waals surface area contributed by atoms with Crippen LogP contribution in [0.2, 0.25) is 0 Å². The number of hydrogen-bond acceptors (Lipinski definition) is 4. The van der Waals surface area contributed by atoms with E-state index in [0.29, 0.717) is 6.42 Å². The third kappa shape index (κ3) is 20.8. The van der Waals surface area contributed by atoms with Gasteiger partial charge in [-0.1, -0.05) is 70.4 Å². The number of rotatable bonds is 19. The Morgan fingerprint density at radius 3 is 2.00 bits per heavy atom. The van der Waals surface area contributed by atoms with Gasteiger partial charge in [0.15, 0.2) is 0 Å². The summed E-state index contributed by atoms with van der Waals surface area (Å²) < 4.78 is 4.66. The van der Waals surface area contributed by atoms with Crippen LogP contribution in [-0.4, -0.2) is 36.7 Å². The number of carbonyl (C=O) groups excluding carboxylic acids is 2. The smallest absolute Gasteiger partial charge is 0.325 e. The van der Waals surface area contributed by atoms with E-state index in [2.05, 4.69) is 29.1 Å². The van der Waals surface area contributed by atoms with Gasteiger partial charge in [0.25, 0.3) is 0 Å². The first-order valence-corrected chi connectivity index (χ1v) is 10.9. The molecule has 0 rings (SSSR count). The van der Waals surface area contributed by atoms with Crippen molar-refractivity contribution >= 4 is 11.9 Å². The second-order valence-corrected chi connectivity index (χ2v) is 7.06. The Kier molecular flexibility index (Phi) is 19.9. The molecule has 5 nitrogen and oxygen atoms in total. The third-order valence-electron chi connectivity index (χ3n) is 4.45. The van der Waals surface area contributed by atoms with E-state index >= 15 is 0 Å². The van der Waals surface area contributed by atoms with Crippen molar-refractivity contribution in [2.75, 3.05) is 19.8 Å². The van der Waals surface area contributed by atoms with Gasteiger partial charge in [-0.3, -0.25) is 9.59 Å². The van der Waals surface area contributed by atoms with E-state index in [9.17, 15) is 9.59 Å². The fraction of sp³-hybridized carbons (Fsp3) is 0.818. The van der Waals surface area contributed by atoms with E-state index in [1.807, 2.05) is 0 Å². The first kappa shape index (κ1) is 25.6. The third-order valence-corrected chi connectivity index (χ3v) is 4.45. The van der Waals surface area contributed by atoms with Crippen LogP contribution in [0.25, 0.3) is 0 Å². The molecule has 0 radical (unpaired) electrons. The van der Waals surface area contributed by atoms with E-state index in [1.165, 1.54) is 57.8 Å². The number of allylic oxidation sites excluding steroid dienone is 2. The van der Waals surface area contributed by atoms with Gasteiger partial charge in [-0.2, -0.15) is 0 Å². The molecule has 0 aliphatic rings. The van der Waals surface area contributed by atoms with Crippen molar-refractivity contribution in [1.29, 1.82) is 0 Å². The van der Waals surface area contributed by atoms with Gasteiger partial charge < -0.3 is 15.2 Å². The summed E-state index contributed by atoms with van der Waals surface area (Å²) in [4.78, 5) is 22.7. The number of carbonyl (C=O) groups is 2. The molecule has 5 heteroatoms. The van der Waals surface area contributed by atoms with Gasteiger partial charge in [0.1, 0.15) is 13.2 Å². The number of hydrogen-bond donors (Lipinski definition) is 2. The lowest BCUT2D eigenvalue weighted by Gasteiger charge is -2.05. The predicted octanol–water partition coefficient (Wildman–Crippen LogP) is 4.68. The fourth-order valence-electron chi connectivity index (χ4n) is 2.83. The van der Waals surface area contributed by atoms with Gasteiger partial charge in [0.05, 0.1) is 6.61 Å². The topological polar surface area (TPSA) is 75.6 Å². The number of nitrogens with one attached hydrogen (secondary N) is 1. The van der Waals surface area contributed by atoms with E-state index < -0.39 is 5.97 Å². The Hall–Kier alpha value is -1.36. The highest BCUT2D eigenvalue weighted by molar-refractivity contribution is 5.81. The average Bonchev–Trinajstić information content (AvgIpc) is 2.67. The van der Waals surface area contributed by atoms with Crippen LogP contribution >= 0.6 is 0 Å². The van der Waals surface area contributed by atoms with Crippen molar-refractivity contribution in [1.82, 2.24) is 5.32 Å². The van der Waals surface area contributed by atoms with Crippen LogP contribution in [0.4, 0.5) is 0 Å². The molecule has 0 aromatic rings. The van der Waals surface area contributed by atoms with Crippen LogP contribution in [0, 0.1) is 0 Å². The number of esters is 1. The van der Waals surface area contributed by atoms with Gasteiger partial charge in [-0.05, 0) is 32.1 Å². The summed E-state index contributed by atoms with van der Waals surface area (Å²) in [5, 5.41) is 11.1. The second-order valence-electron chi connectivity index (χ2n) is 7.06. The molecule has 0 aliphatic carbocycles. The van der Waals surface area contributed by atoms with Crippen molar-refractivity contribution in [3.05, 3.63) is 12.2 Å². The normalized spacial score (nSPS) is 11.0. The zero-order chi connectivity index (χ0) is 20.0. The fourth-order valence-corrected chi connectivity index (χ4v) is 2.83. The van der Waals surface area contributed by atoms with Crippen LogP contribution in [0.3, 0.4) is 0 Å². The Morgan fingerprint density at radius 2 is 1.41 bits per heavy atom. The van der Waals surface area contributed by atoms with Gasteiger partial charge in [0.2, 0.25) is 5.91 Å². The summed E-state index contributed by atoms with van der Waals surface area (Å²) in [6.45, 7) is 1.91. The number of aliphatic hydroxyl groups excluding tert-OH is 1. The predicted molar refractivity (Wildman–Crippen MR) is 111 cm³/mol. The standard InChI is InChI=1S/C22H41NO4/c1-2-3-4-5-6-7-8-9-10-11-12-13-14-15-16-17-21(25)23-20-22(26)27-19-18-24/h9-10,24H,2-8,11-20H2,1H3,(H,23,25). The molecule has 0 fully saturated rings. The molecule has 0 aromatic carbocycles. The lowest BCUT2D eigenvalue weighted by molar-refractivity contribution is -0.144. The van der Waals surface area contributed by atoms with E-state index in [4.69, 9.17) is 5.11 Å². The quantitative estimate of drug-likeness (QED) is 0.193. The number of aliphatic hydroxyl groups is 1. The highest BCUT2D eigenvalue weighted by Crippen LogP contribution is 2.09. The molecule has 1 amide bonds. The van der Waals surface area contributed by atoms with Gasteiger partial charge in [-0.25, -0.2) is 0 Å². The monoisotopic (exact) mass is 383 g/mol. The second kappa shape index (κ2) is 20.9. The molecule has 0 spiro atoms. The minimum Gasteiger partial charge on any atom is -0.462 e. The molecule has 0 aromatic heterocycles. The summed E-state index contributed by atoms with van der Waals surface area (Å²) in [6.07, 6.45) is 21.1. The van der Waals surface area contributed by atoms with Crippen LogP contribution in [0.1, 0.15) is 96.8 Å². The molecule has 27 heavy (non-hydrogen) atoms. The molecule has 0 heterocycles. The molecular weight excluding hydrogens is 342 g/mol. The first-order valence-electron chi connectivity index (χ1n) is 10.9. The number of unbranched alkanes of at least 4 members (excludes halogenated alkanes) is 11. The average molecular weight is 384 g/mol. The maximum Gasteiger partial charge on any atom is 0.325 e. The minimum absolute atomic E-state index is 0.0249. The molecule has 0 saturated carbocycles. The summed E-state index contributed by atoms with van der Waals surface area (Å²) in [5.41, 5.74) is 0. The van der Waals surface area contributed by atoms with Crippen molar-refractivity contribution in [3.8, 4) is 0 Å². The van der Waals surface area contributed by atoms with Crippen molar-refractivity contribution < 1.29 is 19.4 Å². The van der Waals surface area contributed by atoms with Crippen molar-refractivity contribution in [3.63, 3.8) is 0 Å². The molecule has 2 N–H and O–H groups in total. The van der Waals surface area contributed by atoms with E-state index in [-0.39, 0.29) is 25.7 Å². The summed E-state index contributed by atoms with van der Waals surface area (Å²) in [7, 11) is 0. The first-order chi connectivity index (χ1) is 13.2. The van der Waals surface area contributed by atoms with E-state index in [1.54, 1.807) is 0 Å². The summed E-state index contributed by atoms with van der Waals surface area (Å²) in [6, 6.07) is 0. The SMILES string of the molecule is CCCCCCCCC=CCCCCCCCC(=O)NCC(=O)OCCO. The van der Waals surface area contributed by atoms with Crippen molar-refractivity contribution in [2.24, 2.45) is 0 Å². The molecule has 158 valence electrons. The Labute approximate surface area is 165 Å². The molecule has 0 bridgehead atoms. The van der Waals surface area contributed by atoms with E-state index in [0.717, 1.165) is 25.7 Å². The van der Waals surface area contributed by atoms with Crippen molar-refractivity contribution in [2.45, 2.75) is 96.8 Å². The molecule has 0 unspecified atom stereocenters. The van der Waals surface area contributed by atoms with Crippen LogP contribution < -0.4 is 5.32 Å². The highest BCUT2D eigenvalue weighted by atomic mass is 16.5. The number of amides is 1. The van der Waals surface area contributed by atoms with Gasteiger partial charge in [0, 0.05) is 6.42 Å². The maximum atomic E-state index is 11.6. The van der Waals surface area contributed by atoms with Gasteiger partial charge in [-0.15, -0.1) is 0 Å².